The molecule has 0 amide bonds. The lowest BCUT2D eigenvalue weighted by molar-refractivity contribution is -0.129. The Morgan fingerprint density at radius 2 is 1.80 bits per heavy atom. The standard InChI is InChI=1S/C17H11NO2/c19-17-8-7-16(20-17)18-13-6-5-12-9-11-3-1-2-4-14(11)15(12)10-13/h1-8,10H,9H2. The third-order valence-electron chi connectivity index (χ3n) is 3.59. The first-order chi connectivity index (χ1) is 9.79. The van der Waals surface area contributed by atoms with Gasteiger partial charge in [0, 0.05) is 12.2 Å². The Morgan fingerprint density at radius 3 is 2.65 bits per heavy atom. The van der Waals surface area contributed by atoms with Crippen molar-refractivity contribution in [2.24, 2.45) is 4.99 Å². The zero-order chi connectivity index (χ0) is 13.5. The van der Waals surface area contributed by atoms with Crippen LogP contribution in [0, 0.1) is 0 Å². The van der Waals surface area contributed by atoms with E-state index in [2.05, 4.69) is 29.3 Å². The normalized spacial score (nSPS) is 17.2. The number of ether oxygens (including phenoxy) is 1. The minimum Gasteiger partial charge on any atom is -0.404 e. The third-order valence-corrected chi connectivity index (χ3v) is 3.59. The van der Waals surface area contributed by atoms with Gasteiger partial charge in [0.15, 0.2) is 0 Å². The summed E-state index contributed by atoms with van der Waals surface area (Å²) >= 11 is 0. The highest BCUT2D eigenvalue weighted by atomic mass is 16.5. The van der Waals surface area contributed by atoms with Crippen LogP contribution in [0.15, 0.2) is 59.6 Å². The highest BCUT2D eigenvalue weighted by Crippen LogP contribution is 2.38. The van der Waals surface area contributed by atoms with Crippen LogP contribution in [-0.2, 0) is 16.0 Å². The molecule has 0 saturated carbocycles. The molecule has 0 spiro atoms. The molecule has 2 aromatic carbocycles. The molecule has 1 aliphatic carbocycles. The number of fused-ring (bicyclic) bond motifs is 3. The minimum atomic E-state index is -0.366. The molecule has 0 fully saturated rings. The van der Waals surface area contributed by atoms with Crippen molar-refractivity contribution in [2.45, 2.75) is 6.42 Å². The van der Waals surface area contributed by atoms with Crippen molar-refractivity contribution in [3.05, 3.63) is 65.7 Å². The summed E-state index contributed by atoms with van der Waals surface area (Å²) < 4.78 is 4.95. The Morgan fingerprint density at radius 1 is 0.950 bits per heavy atom. The van der Waals surface area contributed by atoms with Crippen molar-refractivity contribution < 1.29 is 9.53 Å². The molecule has 96 valence electrons. The molecule has 1 heterocycles. The summed E-state index contributed by atoms with van der Waals surface area (Å²) in [7, 11) is 0. The molecule has 0 atom stereocenters. The van der Waals surface area contributed by atoms with Crippen molar-refractivity contribution in [1.29, 1.82) is 0 Å². The van der Waals surface area contributed by atoms with Crippen molar-refractivity contribution in [3.8, 4) is 11.1 Å². The van der Waals surface area contributed by atoms with E-state index in [9.17, 15) is 4.79 Å². The van der Waals surface area contributed by atoms with Crippen LogP contribution in [0.25, 0.3) is 11.1 Å². The number of hydrogen-bond donors (Lipinski definition) is 0. The highest BCUT2D eigenvalue weighted by molar-refractivity contribution is 6.08. The first-order valence-electron chi connectivity index (χ1n) is 6.49. The van der Waals surface area contributed by atoms with Gasteiger partial charge in [0.2, 0.25) is 5.90 Å². The number of aliphatic imine (C=N–C) groups is 1. The van der Waals surface area contributed by atoms with Gasteiger partial charge < -0.3 is 4.74 Å². The summed E-state index contributed by atoms with van der Waals surface area (Å²) in [6.07, 6.45) is 3.93. The van der Waals surface area contributed by atoms with Crippen molar-refractivity contribution in [1.82, 2.24) is 0 Å². The summed E-state index contributed by atoms with van der Waals surface area (Å²) in [5.74, 6) is -0.0171. The van der Waals surface area contributed by atoms with Gasteiger partial charge in [-0.2, -0.15) is 0 Å². The number of carbonyl (C=O) groups is 1. The van der Waals surface area contributed by atoms with Gasteiger partial charge >= 0.3 is 5.97 Å². The van der Waals surface area contributed by atoms with Crippen molar-refractivity contribution in [3.63, 3.8) is 0 Å². The zero-order valence-corrected chi connectivity index (χ0v) is 10.7. The largest absolute Gasteiger partial charge is 0.404 e. The maximum absolute atomic E-state index is 11.0. The Bertz CT molecular complexity index is 787. The lowest BCUT2D eigenvalue weighted by Gasteiger charge is -2.02. The molecule has 0 unspecified atom stereocenters. The van der Waals surface area contributed by atoms with E-state index in [-0.39, 0.29) is 5.97 Å². The number of esters is 1. The number of rotatable bonds is 1. The average Bonchev–Trinajstić information content (AvgIpc) is 3.02. The van der Waals surface area contributed by atoms with E-state index >= 15 is 0 Å². The molecular formula is C17H11NO2. The Labute approximate surface area is 116 Å². The number of hydrogen-bond acceptors (Lipinski definition) is 3. The van der Waals surface area contributed by atoms with Crippen LogP contribution in [0.5, 0.6) is 0 Å². The van der Waals surface area contributed by atoms with Crippen LogP contribution in [-0.4, -0.2) is 11.9 Å². The fourth-order valence-electron chi connectivity index (χ4n) is 2.68. The maximum Gasteiger partial charge on any atom is 0.337 e. The Balaban J connectivity index is 1.77. The van der Waals surface area contributed by atoms with Crippen molar-refractivity contribution >= 4 is 17.6 Å². The molecule has 0 aromatic heterocycles. The quantitative estimate of drug-likeness (QED) is 0.630. The van der Waals surface area contributed by atoms with Crippen LogP contribution >= 0.6 is 0 Å². The van der Waals surface area contributed by atoms with E-state index < -0.39 is 0 Å². The van der Waals surface area contributed by atoms with Crippen LogP contribution in [0.4, 0.5) is 5.69 Å². The predicted molar refractivity (Wildman–Crippen MR) is 77.0 cm³/mol. The van der Waals surface area contributed by atoms with Gasteiger partial charge in [-0.1, -0.05) is 30.3 Å². The van der Waals surface area contributed by atoms with Crippen LogP contribution in [0.3, 0.4) is 0 Å². The summed E-state index contributed by atoms with van der Waals surface area (Å²) in [6, 6.07) is 14.5. The van der Waals surface area contributed by atoms with Gasteiger partial charge in [-0.3, -0.25) is 0 Å². The van der Waals surface area contributed by atoms with Gasteiger partial charge in [-0.05, 0) is 40.8 Å². The first-order valence-corrected chi connectivity index (χ1v) is 6.49. The van der Waals surface area contributed by atoms with Gasteiger partial charge in [0.25, 0.3) is 0 Å². The van der Waals surface area contributed by atoms with E-state index in [0.29, 0.717) is 5.90 Å². The van der Waals surface area contributed by atoms with Gasteiger partial charge in [-0.25, -0.2) is 9.79 Å². The maximum atomic E-state index is 11.0. The minimum absolute atomic E-state index is 0.348. The number of benzene rings is 2. The third kappa shape index (κ3) is 1.75. The Hall–Kier alpha value is -2.68. The molecule has 3 heteroatoms. The smallest absolute Gasteiger partial charge is 0.337 e. The van der Waals surface area contributed by atoms with Gasteiger partial charge in [0.1, 0.15) is 0 Å². The predicted octanol–water partition coefficient (Wildman–Crippen LogP) is 3.40. The van der Waals surface area contributed by atoms with E-state index in [1.807, 2.05) is 18.2 Å². The van der Waals surface area contributed by atoms with E-state index in [0.717, 1.165) is 12.1 Å². The second-order valence-corrected chi connectivity index (χ2v) is 4.88. The second kappa shape index (κ2) is 4.17. The number of nitrogens with zero attached hydrogens (tertiary/aromatic N) is 1. The SMILES string of the molecule is O=C1C=CC(=Nc2ccc3c(c2)-c2ccccc2C3)O1. The second-order valence-electron chi connectivity index (χ2n) is 4.88. The molecule has 4 rings (SSSR count). The molecule has 0 radical (unpaired) electrons. The summed E-state index contributed by atoms with van der Waals surface area (Å²) in [4.78, 5) is 15.4. The van der Waals surface area contributed by atoms with Crippen LogP contribution in [0.2, 0.25) is 0 Å². The molecular weight excluding hydrogens is 250 g/mol. The lowest BCUT2D eigenvalue weighted by atomic mass is 10.1. The topological polar surface area (TPSA) is 38.7 Å². The molecule has 20 heavy (non-hydrogen) atoms. The molecule has 0 saturated heterocycles. The fraction of sp³-hybridized carbons (Fsp3) is 0.0588. The molecule has 2 aromatic rings. The van der Waals surface area contributed by atoms with Gasteiger partial charge in [-0.15, -0.1) is 0 Å². The molecule has 3 nitrogen and oxygen atoms in total. The van der Waals surface area contributed by atoms with E-state index in [4.69, 9.17) is 4.74 Å². The molecule has 2 aliphatic rings. The monoisotopic (exact) mass is 261 g/mol. The number of carbonyl (C=O) groups excluding carboxylic acids is 1. The van der Waals surface area contributed by atoms with Gasteiger partial charge in [0.05, 0.1) is 5.69 Å². The van der Waals surface area contributed by atoms with E-state index in [1.165, 1.54) is 28.3 Å². The summed E-state index contributed by atoms with van der Waals surface area (Å²) in [5.41, 5.74) is 5.95. The van der Waals surface area contributed by atoms with Crippen LogP contribution in [0.1, 0.15) is 11.1 Å². The summed E-state index contributed by atoms with van der Waals surface area (Å²) in [5, 5.41) is 0. The first kappa shape index (κ1) is 11.2. The Kier molecular flexibility index (Phi) is 2.33. The van der Waals surface area contributed by atoms with Crippen LogP contribution < -0.4 is 0 Å². The lowest BCUT2D eigenvalue weighted by Crippen LogP contribution is -1.98. The highest BCUT2D eigenvalue weighted by Gasteiger charge is 2.18. The number of cyclic esters (lactones) is 1. The molecule has 0 bridgehead atoms. The average molecular weight is 261 g/mol. The molecule has 0 N–H and O–H groups in total. The fourth-order valence-corrected chi connectivity index (χ4v) is 2.68. The molecule has 1 aliphatic heterocycles. The zero-order valence-electron chi connectivity index (χ0n) is 10.7. The van der Waals surface area contributed by atoms with E-state index in [1.54, 1.807) is 6.08 Å². The summed E-state index contributed by atoms with van der Waals surface area (Å²) in [6.45, 7) is 0. The van der Waals surface area contributed by atoms with Crippen molar-refractivity contribution in [2.75, 3.05) is 0 Å².